The predicted octanol–water partition coefficient (Wildman–Crippen LogP) is 2.80. The minimum Gasteiger partial charge on any atom is -0.303 e. The van der Waals surface area contributed by atoms with Gasteiger partial charge in [0.1, 0.15) is 5.78 Å². The molecule has 0 aromatic heterocycles. The van der Waals surface area contributed by atoms with Crippen LogP contribution in [0.15, 0.2) is 0 Å². The van der Waals surface area contributed by atoms with Gasteiger partial charge in [-0.15, -0.1) is 0 Å². The van der Waals surface area contributed by atoms with Gasteiger partial charge >= 0.3 is 0 Å². The van der Waals surface area contributed by atoms with Gasteiger partial charge < -0.3 is 9.80 Å². The first kappa shape index (κ1) is 16.0. The first-order chi connectivity index (χ1) is 9.44. The van der Waals surface area contributed by atoms with Crippen LogP contribution >= 0.6 is 0 Å². The van der Waals surface area contributed by atoms with E-state index in [9.17, 15) is 4.79 Å². The standard InChI is InChI=1S/C17H32N2O/c1-5-19-11-8-15(9-12-19)18(4)13-14-7-6-10-17(2,3)16(14)20/h14-15H,5-13H2,1-4H3. The molecule has 1 saturated carbocycles. The van der Waals surface area contributed by atoms with Gasteiger partial charge in [0.05, 0.1) is 0 Å². The second kappa shape index (κ2) is 6.57. The summed E-state index contributed by atoms with van der Waals surface area (Å²) in [7, 11) is 2.22. The van der Waals surface area contributed by atoms with E-state index >= 15 is 0 Å². The lowest BCUT2D eigenvalue weighted by atomic mass is 9.71. The Labute approximate surface area is 124 Å². The molecule has 1 aliphatic carbocycles. The van der Waals surface area contributed by atoms with E-state index in [1.807, 2.05) is 0 Å². The minimum absolute atomic E-state index is 0.0880. The van der Waals surface area contributed by atoms with Gasteiger partial charge in [0.15, 0.2) is 0 Å². The summed E-state index contributed by atoms with van der Waals surface area (Å²) >= 11 is 0. The SMILES string of the molecule is CCN1CCC(N(C)CC2CCCC(C)(C)C2=O)CC1. The van der Waals surface area contributed by atoms with Crippen LogP contribution in [-0.2, 0) is 4.79 Å². The maximum Gasteiger partial charge on any atom is 0.142 e. The number of nitrogens with zero attached hydrogens (tertiary/aromatic N) is 2. The van der Waals surface area contributed by atoms with Crippen molar-refractivity contribution in [3.63, 3.8) is 0 Å². The minimum atomic E-state index is -0.0880. The number of Topliss-reactive ketones (excluding diaryl/α,β-unsaturated/α-hetero) is 1. The normalized spacial score (nSPS) is 29.1. The van der Waals surface area contributed by atoms with Gasteiger partial charge in [-0.2, -0.15) is 0 Å². The summed E-state index contributed by atoms with van der Waals surface area (Å²) in [5.41, 5.74) is -0.0880. The van der Waals surface area contributed by atoms with E-state index in [0.717, 1.165) is 19.4 Å². The van der Waals surface area contributed by atoms with Crippen molar-refractivity contribution in [2.75, 3.05) is 33.2 Å². The van der Waals surface area contributed by atoms with Crippen LogP contribution in [0.3, 0.4) is 0 Å². The predicted molar refractivity (Wildman–Crippen MR) is 83.9 cm³/mol. The van der Waals surface area contributed by atoms with Crippen molar-refractivity contribution in [3.8, 4) is 0 Å². The summed E-state index contributed by atoms with van der Waals surface area (Å²) < 4.78 is 0. The van der Waals surface area contributed by atoms with Crippen LogP contribution < -0.4 is 0 Å². The third-order valence-electron chi connectivity index (χ3n) is 5.53. The van der Waals surface area contributed by atoms with Crippen LogP contribution in [0.2, 0.25) is 0 Å². The molecule has 2 rings (SSSR count). The summed E-state index contributed by atoms with van der Waals surface area (Å²) in [6.07, 6.45) is 5.90. The summed E-state index contributed by atoms with van der Waals surface area (Å²) in [5.74, 6) is 0.773. The maximum atomic E-state index is 12.5. The summed E-state index contributed by atoms with van der Waals surface area (Å²) in [5, 5.41) is 0. The molecule has 1 unspecified atom stereocenters. The number of ketones is 1. The van der Waals surface area contributed by atoms with Gasteiger partial charge in [0.2, 0.25) is 0 Å². The van der Waals surface area contributed by atoms with Crippen molar-refractivity contribution in [2.45, 2.75) is 58.9 Å². The topological polar surface area (TPSA) is 23.6 Å². The molecular formula is C17H32N2O. The summed E-state index contributed by atoms with van der Waals surface area (Å²) in [6, 6.07) is 0.677. The van der Waals surface area contributed by atoms with Gasteiger partial charge in [-0.1, -0.05) is 27.2 Å². The smallest absolute Gasteiger partial charge is 0.142 e. The van der Waals surface area contributed by atoms with Crippen LogP contribution in [-0.4, -0.2) is 54.9 Å². The number of hydrogen-bond donors (Lipinski definition) is 0. The quantitative estimate of drug-likeness (QED) is 0.791. The molecular weight excluding hydrogens is 248 g/mol. The summed E-state index contributed by atoms with van der Waals surface area (Å²) in [6.45, 7) is 11.1. The molecule has 3 nitrogen and oxygen atoms in total. The Kier molecular flexibility index (Phi) is 5.25. The van der Waals surface area contributed by atoms with Crippen molar-refractivity contribution >= 4 is 5.78 Å². The second-order valence-electron chi connectivity index (χ2n) is 7.44. The van der Waals surface area contributed by atoms with E-state index in [1.54, 1.807) is 0 Å². The first-order valence-electron chi connectivity index (χ1n) is 8.41. The van der Waals surface area contributed by atoms with Gasteiger partial charge in [-0.3, -0.25) is 4.79 Å². The van der Waals surface area contributed by atoms with E-state index in [1.165, 1.54) is 38.9 Å². The number of carbonyl (C=O) groups is 1. The molecule has 0 radical (unpaired) electrons. The Balaban J connectivity index is 1.85. The Morgan fingerprint density at radius 3 is 2.50 bits per heavy atom. The van der Waals surface area contributed by atoms with Gasteiger partial charge in [0.25, 0.3) is 0 Å². The largest absolute Gasteiger partial charge is 0.303 e. The maximum absolute atomic E-state index is 12.5. The number of piperidine rings is 1. The Hall–Kier alpha value is -0.410. The number of likely N-dealkylation sites (tertiary alicyclic amines) is 1. The fourth-order valence-electron chi connectivity index (χ4n) is 3.94. The van der Waals surface area contributed by atoms with E-state index in [-0.39, 0.29) is 11.3 Å². The molecule has 0 N–H and O–H groups in total. The van der Waals surface area contributed by atoms with Gasteiger partial charge in [-0.05, 0) is 52.4 Å². The number of hydrogen-bond acceptors (Lipinski definition) is 3. The average molecular weight is 280 g/mol. The van der Waals surface area contributed by atoms with E-state index in [2.05, 4.69) is 37.6 Å². The van der Waals surface area contributed by atoms with E-state index in [4.69, 9.17) is 0 Å². The Morgan fingerprint density at radius 1 is 1.25 bits per heavy atom. The van der Waals surface area contributed by atoms with Crippen LogP contribution in [0.4, 0.5) is 0 Å². The van der Waals surface area contributed by atoms with Crippen LogP contribution in [0.25, 0.3) is 0 Å². The number of carbonyl (C=O) groups excluding carboxylic acids is 1. The molecule has 3 heteroatoms. The molecule has 2 aliphatic rings. The van der Waals surface area contributed by atoms with Crippen molar-refractivity contribution < 1.29 is 4.79 Å². The fourth-order valence-corrected chi connectivity index (χ4v) is 3.94. The highest BCUT2D eigenvalue weighted by molar-refractivity contribution is 5.87. The molecule has 2 fully saturated rings. The number of rotatable bonds is 4. The molecule has 0 spiro atoms. The Bertz CT molecular complexity index is 332. The third kappa shape index (κ3) is 3.62. The zero-order valence-corrected chi connectivity index (χ0v) is 13.8. The monoisotopic (exact) mass is 280 g/mol. The van der Waals surface area contributed by atoms with Crippen molar-refractivity contribution in [1.29, 1.82) is 0 Å². The molecule has 0 aromatic carbocycles. The molecule has 0 aromatic rings. The molecule has 20 heavy (non-hydrogen) atoms. The van der Waals surface area contributed by atoms with Crippen LogP contribution in [0.1, 0.15) is 52.9 Å². The first-order valence-corrected chi connectivity index (χ1v) is 8.41. The third-order valence-corrected chi connectivity index (χ3v) is 5.53. The molecule has 116 valence electrons. The van der Waals surface area contributed by atoms with Crippen molar-refractivity contribution in [1.82, 2.24) is 9.80 Å². The Morgan fingerprint density at radius 2 is 1.90 bits per heavy atom. The van der Waals surface area contributed by atoms with Crippen molar-refractivity contribution in [2.24, 2.45) is 11.3 Å². The lowest BCUT2D eigenvalue weighted by Crippen LogP contribution is -2.47. The molecule has 0 amide bonds. The average Bonchev–Trinajstić information content (AvgIpc) is 2.44. The second-order valence-corrected chi connectivity index (χ2v) is 7.44. The van der Waals surface area contributed by atoms with E-state index < -0.39 is 0 Å². The molecule has 1 aliphatic heterocycles. The van der Waals surface area contributed by atoms with Crippen molar-refractivity contribution in [3.05, 3.63) is 0 Å². The lowest BCUT2D eigenvalue weighted by molar-refractivity contribution is -0.135. The van der Waals surface area contributed by atoms with Gasteiger partial charge in [-0.25, -0.2) is 0 Å². The fraction of sp³-hybridized carbons (Fsp3) is 0.941. The highest BCUT2D eigenvalue weighted by atomic mass is 16.1. The lowest BCUT2D eigenvalue weighted by Gasteiger charge is -2.40. The summed E-state index contributed by atoms with van der Waals surface area (Å²) in [4.78, 5) is 17.5. The zero-order chi connectivity index (χ0) is 14.8. The van der Waals surface area contributed by atoms with Crippen LogP contribution in [0, 0.1) is 11.3 Å². The highest BCUT2D eigenvalue weighted by Crippen LogP contribution is 2.36. The molecule has 1 heterocycles. The molecule has 0 bridgehead atoms. The highest BCUT2D eigenvalue weighted by Gasteiger charge is 2.38. The molecule has 1 atom stereocenters. The molecule has 1 saturated heterocycles. The van der Waals surface area contributed by atoms with E-state index in [0.29, 0.717) is 11.8 Å². The van der Waals surface area contributed by atoms with Crippen LogP contribution in [0.5, 0.6) is 0 Å². The van der Waals surface area contributed by atoms with Gasteiger partial charge in [0, 0.05) is 23.9 Å². The zero-order valence-electron chi connectivity index (χ0n) is 13.8.